The number of anilines is 1. The van der Waals surface area contributed by atoms with Crippen LogP contribution in [0.3, 0.4) is 0 Å². The van der Waals surface area contributed by atoms with Crippen molar-refractivity contribution in [1.82, 2.24) is 0 Å². The molecular weight excluding hydrogens is 319 g/mol. The van der Waals surface area contributed by atoms with Gasteiger partial charge in [0.1, 0.15) is 5.82 Å². The van der Waals surface area contributed by atoms with E-state index >= 15 is 0 Å². The average Bonchev–Trinajstić information content (AvgIpc) is 2.94. The first-order chi connectivity index (χ1) is 12.0. The van der Waals surface area contributed by atoms with Gasteiger partial charge in [-0.2, -0.15) is 0 Å². The summed E-state index contributed by atoms with van der Waals surface area (Å²) in [5, 5.41) is 0. The Kier molecular flexibility index (Phi) is 4.93. The molecule has 0 aromatic heterocycles. The number of carbonyl (C=O) groups is 1. The van der Waals surface area contributed by atoms with Gasteiger partial charge < -0.3 is 9.64 Å². The SMILES string of the molecule is CN(C)c1ccc(/C=C2/N=C(CCc3ccc(F)cc3)OC2=O)cc1. The zero-order valence-electron chi connectivity index (χ0n) is 14.2. The number of esters is 1. The normalized spacial score (nSPS) is 15.2. The van der Waals surface area contributed by atoms with E-state index in [9.17, 15) is 9.18 Å². The van der Waals surface area contributed by atoms with Gasteiger partial charge in [-0.05, 0) is 47.9 Å². The lowest BCUT2D eigenvalue weighted by molar-refractivity contribution is -0.130. The summed E-state index contributed by atoms with van der Waals surface area (Å²) < 4.78 is 18.1. The monoisotopic (exact) mass is 338 g/mol. The van der Waals surface area contributed by atoms with E-state index in [0.29, 0.717) is 24.4 Å². The second kappa shape index (κ2) is 7.30. The van der Waals surface area contributed by atoms with Crippen molar-refractivity contribution in [3.05, 3.63) is 71.2 Å². The lowest BCUT2D eigenvalue weighted by Gasteiger charge is -2.11. The van der Waals surface area contributed by atoms with Gasteiger partial charge >= 0.3 is 5.97 Å². The van der Waals surface area contributed by atoms with Crippen molar-refractivity contribution in [2.45, 2.75) is 12.8 Å². The smallest absolute Gasteiger partial charge is 0.363 e. The Bertz CT molecular complexity index is 822. The molecule has 25 heavy (non-hydrogen) atoms. The Labute approximate surface area is 146 Å². The summed E-state index contributed by atoms with van der Waals surface area (Å²) in [7, 11) is 3.94. The van der Waals surface area contributed by atoms with Crippen molar-refractivity contribution in [3.8, 4) is 0 Å². The predicted molar refractivity (Wildman–Crippen MR) is 97.0 cm³/mol. The Morgan fingerprint density at radius 2 is 1.72 bits per heavy atom. The standard InChI is InChI=1S/C20H19FN2O2/c1-23(2)17-10-5-15(6-11-17)13-18-20(24)25-19(22-18)12-7-14-3-8-16(21)9-4-14/h3-6,8-11,13H,7,12H2,1-2H3/b18-13+. The highest BCUT2D eigenvalue weighted by atomic mass is 19.1. The molecule has 128 valence electrons. The number of ether oxygens (including phenoxy) is 1. The van der Waals surface area contributed by atoms with E-state index in [1.807, 2.05) is 43.3 Å². The van der Waals surface area contributed by atoms with Crippen LogP contribution in [0, 0.1) is 5.82 Å². The fraction of sp³-hybridized carbons (Fsp3) is 0.200. The van der Waals surface area contributed by atoms with Crippen LogP contribution in [0.1, 0.15) is 17.5 Å². The molecule has 0 radical (unpaired) electrons. The number of cyclic esters (lactones) is 1. The molecule has 0 unspecified atom stereocenters. The third kappa shape index (κ3) is 4.32. The van der Waals surface area contributed by atoms with Crippen molar-refractivity contribution in [1.29, 1.82) is 0 Å². The molecule has 5 heteroatoms. The molecule has 0 saturated heterocycles. The quantitative estimate of drug-likeness (QED) is 0.615. The van der Waals surface area contributed by atoms with Gasteiger partial charge in [-0.15, -0.1) is 0 Å². The van der Waals surface area contributed by atoms with Gasteiger partial charge in [0.25, 0.3) is 0 Å². The van der Waals surface area contributed by atoms with Crippen LogP contribution in [0.5, 0.6) is 0 Å². The molecule has 0 spiro atoms. The van der Waals surface area contributed by atoms with Crippen molar-refractivity contribution in [3.63, 3.8) is 0 Å². The number of aryl methyl sites for hydroxylation is 1. The van der Waals surface area contributed by atoms with E-state index in [-0.39, 0.29) is 5.82 Å². The summed E-state index contributed by atoms with van der Waals surface area (Å²) in [6, 6.07) is 14.1. The van der Waals surface area contributed by atoms with Crippen molar-refractivity contribution in [2.75, 3.05) is 19.0 Å². The largest absolute Gasteiger partial charge is 0.407 e. The summed E-state index contributed by atoms with van der Waals surface area (Å²) in [5.74, 6) is -0.310. The number of nitrogens with zero attached hydrogens (tertiary/aromatic N) is 2. The van der Waals surface area contributed by atoms with Crippen LogP contribution in [0.4, 0.5) is 10.1 Å². The van der Waals surface area contributed by atoms with E-state index < -0.39 is 5.97 Å². The second-order valence-corrected chi connectivity index (χ2v) is 6.04. The van der Waals surface area contributed by atoms with E-state index in [4.69, 9.17) is 4.74 Å². The number of hydrogen-bond donors (Lipinski definition) is 0. The predicted octanol–water partition coefficient (Wildman–Crippen LogP) is 3.82. The first kappa shape index (κ1) is 16.9. The minimum atomic E-state index is -0.439. The molecule has 0 bridgehead atoms. The van der Waals surface area contributed by atoms with E-state index in [1.165, 1.54) is 12.1 Å². The maximum Gasteiger partial charge on any atom is 0.363 e. The molecule has 0 aliphatic carbocycles. The van der Waals surface area contributed by atoms with E-state index in [2.05, 4.69) is 4.99 Å². The third-order valence-corrected chi connectivity index (χ3v) is 3.92. The van der Waals surface area contributed by atoms with Crippen LogP contribution in [-0.4, -0.2) is 26.0 Å². The average molecular weight is 338 g/mol. The van der Waals surface area contributed by atoms with Crippen molar-refractivity contribution in [2.24, 2.45) is 4.99 Å². The zero-order chi connectivity index (χ0) is 17.8. The summed E-state index contributed by atoms with van der Waals surface area (Å²) in [5.41, 5.74) is 3.24. The molecule has 1 aliphatic rings. The van der Waals surface area contributed by atoms with Crippen molar-refractivity contribution < 1.29 is 13.9 Å². The molecule has 3 rings (SSSR count). The second-order valence-electron chi connectivity index (χ2n) is 6.04. The Morgan fingerprint density at radius 1 is 1.04 bits per heavy atom. The van der Waals surface area contributed by atoms with E-state index in [0.717, 1.165) is 16.8 Å². The van der Waals surface area contributed by atoms with Gasteiger partial charge in [-0.25, -0.2) is 14.2 Å². The minimum Gasteiger partial charge on any atom is -0.407 e. The third-order valence-electron chi connectivity index (χ3n) is 3.92. The lowest BCUT2D eigenvalue weighted by atomic mass is 10.1. The number of hydrogen-bond acceptors (Lipinski definition) is 4. The molecule has 0 atom stereocenters. The highest BCUT2D eigenvalue weighted by Crippen LogP contribution is 2.20. The van der Waals surface area contributed by atoms with Crippen LogP contribution >= 0.6 is 0 Å². The fourth-order valence-electron chi connectivity index (χ4n) is 2.49. The number of aliphatic imine (C=N–C) groups is 1. The molecular formula is C20H19FN2O2. The number of rotatable bonds is 5. The van der Waals surface area contributed by atoms with Crippen LogP contribution in [-0.2, 0) is 16.0 Å². The first-order valence-electron chi connectivity index (χ1n) is 8.04. The van der Waals surface area contributed by atoms with Crippen LogP contribution in [0.15, 0.2) is 59.2 Å². The molecule has 2 aromatic rings. The summed E-state index contributed by atoms with van der Waals surface area (Å²) in [6.07, 6.45) is 2.85. The fourth-order valence-corrected chi connectivity index (χ4v) is 2.49. The van der Waals surface area contributed by atoms with E-state index in [1.54, 1.807) is 18.2 Å². The maximum absolute atomic E-state index is 12.9. The zero-order valence-corrected chi connectivity index (χ0v) is 14.2. The van der Waals surface area contributed by atoms with Crippen LogP contribution < -0.4 is 4.90 Å². The molecule has 0 fully saturated rings. The number of carbonyl (C=O) groups excluding carboxylic acids is 1. The van der Waals surface area contributed by atoms with Crippen molar-refractivity contribution >= 4 is 23.6 Å². The number of benzene rings is 2. The lowest BCUT2D eigenvalue weighted by Crippen LogP contribution is -2.08. The Morgan fingerprint density at radius 3 is 2.36 bits per heavy atom. The highest BCUT2D eigenvalue weighted by Gasteiger charge is 2.22. The van der Waals surface area contributed by atoms with Crippen LogP contribution in [0.2, 0.25) is 0 Å². The Hall–Kier alpha value is -2.95. The molecule has 2 aromatic carbocycles. The van der Waals surface area contributed by atoms with Crippen LogP contribution in [0.25, 0.3) is 6.08 Å². The Balaban J connectivity index is 1.67. The van der Waals surface area contributed by atoms with Gasteiger partial charge in [0.05, 0.1) is 0 Å². The highest BCUT2D eigenvalue weighted by molar-refractivity contribution is 6.07. The summed E-state index contributed by atoms with van der Waals surface area (Å²) >= 11 is 0. The number of halogens is 1. The molecule has 0 amide bonds. The summed E-state index contributed by atoms with van der Waals surface area (Å²) in [4.78, 5) is 18.2. The van der Waals surface area contributed by atoms with Gasteiger partial charge in [0, 0.05) is 26.2 Å². The molecule has 0 N–H and O–H groups in total. The summed E-state index contributed by atoms with van der Waals surface area (Å²) in [6.45, 7) is 0. The minimum absolute atomic E-state index is 0.265. The van der Waals surface area contributed by atoms with Gasteiger partial charge in [0.2, 0.25) is 0 Å². The molecule has 1 heterocycles. The maximum atomic E-state index is 12.9. The van der Waals surface area contributed by atoms with Gasteiger partial charge in [0.15, 0.2) is 11.6 Å². The molecule has 0 saturated carbocycles. The first-order valence-corrected chi connectivity index (χ1v) is 8.04. The molecule has 4 nitrogen and oxygen atoms in total. The topological polar surface area (TPSA) is 41.9 Å². The molecule has 1 aliphatic heterocycles. The van der Waals surface area contributed by atoms with Gasteiger partial charge in [-0.3, -0.25) is 0 Å². The van der Waals surface area contributed by atoms with Gasteiger partial charge in [-0.1, -0.05) is 24.3 Å².